The zero-order chi connectivity index (χ0) is 14.6. The summed E-state index contributed by atoms with van der Waals surface area (Å²) in [6, 6.07) is 9.59. The summed E-state index contributed by atoms with van der Waals surface area (Å²) in [7, 11) is 0. The fraction of sp³-hybridized carbons (Fsp3) is 0.588. The molecule has 0 aromatic heterocycles. The van der Waals surface area contributed by atoms with E-state index in [2.05, 4.69) is 13.8 Å². The van der Waals surface area contributed by atoms with Crippen molar-refractivity contribution in [2.75, 3.05) is 13.1 Å². The summed E-state index contributed by atoms with van der Waals surface area (Å²) in [5.74, 6) is 0.103. The summed E-state index contributed by atoms with van der Waals surface area (Å²) < 4.78 is 0. The number of halogens is 1. The third-order valence-electron chi connectivity index (χ3n) is 4.27. The van der Waals surface area contributed by atoms with Gasteiger partial charge in [0.25, 0.3) is 0 Å². The van der Waals surface area contributed by atoms with Gasteiger partial charge in [0.1, 0.15) is 0 Å². The van der Waals surface area contributed by atoms with Crippen LogP contribution in [0.15, 0.2) is 30.3 Å². The predicted octanol–water partition coefficient (Wildman–Crippen LogP) is 3.02. The maximum absolute atomic E-state index is 12.5. The van der Waals surface area contributed by atoms with Crippen molar-refractivity contribution in [3.05, 3.63) is 35.9 Å². The van der Waals surface area contributed by atoms with E-state index in [1.165, 1.54) is 6.42 Å². The maximum atomic E-state index is 12.5. The molecule has 1 fully saturated rings. The number of nitrogens with two attached hydrogens (primary N) is 1. The lowest BCUT2D eigenvalue weighted by atomic mass is 9.85. The summed E-state index contributed by atoms with van der Waals surface area (Å²) >= 11 is 0. The highest BCUT2D eigenvalue weighted by atomic mass is 35.5. The van der Waals surface area contributed by atoms with Crippen LogP contribution in [0.5, 0.6) is 0 Å². The normalized spacial score (nSPS) is 19.3. The molecule has 1 atom stereocenters. The van der Waals surface area contributed by atoms with E-state index in [1.54, 1.807) is 0 Å². The Bertz CT molecular complexity index is 447. The fourth-order valence-corrected chi connectivity index (χ4v) is 2.83. The van der Waals surface area contributed by atoms with Gasteiger partial charge in [0, 0.05) is 13.1 Å². The molecule has 118 valence electrons. The van der Waals surface area contributed by atoms with E-state index < -0.39 is 6.04 Å². The Kier molecular flexibility index (Phi) is 6.69. The zero-order valence-corrected chi connectivity index (χ0v) is 13.9. The first kappa shape index (κ1) is 18.0. The molecule has 0 bridgehead atoms. The molecular formula is C17H27ClN2O. The van der Waals surface area contributed by atoms with Crippen molar-refractivity contribution >= 4 is 18.3 Å². The highest BCUT2D eigenvalue weighted by Gasteiger charge is 2.27. The predicted molar refractivity (Wildman–Crippen MR) is 89.6 cm³/mol. The van der Waals surface area contributed by atoms with Crippen LogP contribution in [0.25, 0.3) is 0 Å². The summed E-state index contributed by atoms with van der Waals surface area (Å²) in [6.07, 6.45) is 3.96. The molecule has 1 amide bonds. The van der Waals surface area contributed by atoms with Crippen LogP contribution in [0.4, 0.5) is 0 Å². The van der Waals surface area contributed by atoms with Crippen LogP contribution in [0, 0.1) is 5.41 Å². The van der Waals surface area contributed by atoms with E-state index in [9.17, 15) is 4.79 Å². The van der Waals surface area contributed by atoms with Crippen molar-refractivity contribution in [2.24, 2.45) is 11.1 Å². The SMILES string of the molecule is CC1(C)CCCN(C(=O)C(N)Cc2ccccc2)CC1.Cl. The third-order valence-corrected chi connectivity index (χ3v) is 4.27. The Morgan fingerprint density at radius 2 is 1.90 bits per heavy atom. The van der Waals surface area contributed by atoms with Crippen molar-refractivity contribution in [3.63, 3.8) is 0 Å². The summed E-state index contributed by atoms with van der Waals surface area (Å²) in [5.41, 5.74) is 7.58. The molecule has 1 aliphatic heterocycles. The molecule has 2 rings (SSSR count). The first-order chi connectivity index (χ1) is 9.48. The van der Waals surface area contributed by atoms with Crippen LogP contribution in [0.3, 0.4) is 0 Å². The number of benzene rings is 1. The van der Waals surface area contributed by atoms with E-state index in [4.69, 9.17) is 5.73 Å². The van der Waals surface area contributed by atoms with Gasteiger partial charge >= 0.3 is 0 Å². The fourth-order valence-electron chi connectivity index (χ4n) is 2.83. The van der Waals surface area contributed by atoms with Crippen LogP contribution in [-0.2, 0) is 11.2 Å². The molecule has 0 saturated carbocycles. The molecule has 1 aromatic carbocycles. The lowest BCUT2D eigenvalue weighted by Gasteiger charge is -2.25. The minimum atomic E-state index is -0.418. The first-order valence-corrected chi connectivity index (χ1v) is 7.56. The minimum Gasteiger partial charge on any atom is -0.341 e. The molecule has 1 aliphatic rings. The summed E-state index contributed by atoms with van der Waals surface area (Å²) in [4.78, 5) is 14.4. The van der Waals surface area contributed by atoms with Gasteiger partial charge in [-0.25, -0.2) is 0 Å². The number of hydrogen-bond donors (Lipinski definition) is 1. The molecule has 1 heterocycles. The number of hydrogen-bond acceptors (Lipinski definition) is 2. The van der Waals surface area contributed by atoms with Gasteiger partial charge in [-0.2, -0.15) is 0 Å². The Morgan fingerprint density at radius 1 is 1.24 bits per heavy atom. The maximum Gasteiger partial charge on any atom is 0.239 e. The quantitative estimate of drug-likeness (QED) is 0.933. The Balaban J connectivity index is 0.00000220. The highest BCUT2D eigenvalue weighted by Crippen LogP contribution is 2.29. The third kappa shape index (κ3) is 5.33. The minimum absolute atomic E-state index is 0. The Hall–Kier alpha value is -1.06. The van der Waals surface area contributed by atoms with Gasteiger partial charge in [0.05, 0.1) is 6.04 Å². The largest absolute Gasteiger partial charge is 0.341 e. The second-order valence-electron chi connectivity index (χ2n) is 6.64. The molecule has 2 N–H and O–H groups in total. The van der Waals surface area contributed by atoms with Crippen molar-refractivity contribution in [2.45, 2.75) is 45.6 Å². The zero-order valence-electron chi connectivity index (χ0n) is 13.0. The Labute approximate surface area is 134 Å². The van der Waals surface area contributed by atoms with E-state index in [0.29, 0.717) is 11.8 Å². The van der Waals surface area contributed by atoms with Crippen molar-refractivity contribution in [1.29, 1.82) is 0 Å². The topological polar surface area (TPSA) is 46.3 Å². The van der Waals surface area contributed by atoms with Crippen LogP contribution in [-0.4, -0.2) is 29.9 Å². The lowest BCUT2D eigenvalue weighted by molar-refractivity contribution is -0.132. The van der Waals surface area contributed by atoms with Crippen LogP contribution >= 0.6 is 12.4 Å². The van der Waals surface area contributed by atoms with Gasteiger partial charge in [-0.15, -0.1) is 12.4 Å². The molecule has 0 spiro atoms. The molecule has 3 nitrogen and oxygen atoms in total. The van der Waals surface area contributed by atoms with Crippen LogP contribution in [0.1, 0.15) is 38.7 Å². The summed E-state index contributed by atoms with van der Waals surface area (Å²) in [6.45, 7) is 6.26. The van der Waals surface area contributed by atoms with Gasteiger partial charge in [-0.3, -0.25) is 4.79 Å². The number of likely N-dealkylation sites (tertiary alicyclic amines) is 1. The summed E-state index contributed by atoms with van der Waals surface area (Å²) in [5, 5.41) is 0. The molecule has 1 unspecified atom stereocenters. The van der Waals surface area contributed by atoms with E-state index >= 15 is 0 Å². The monoisotopic (exact) mass is 310 g/mol. The molecule has 4 heteroatoms. The van der Waals surface area contributed by atoms with Crippen molar-refractivity contribution in [3.8, 4) is 0 Å². The molecule has 1 saturated heterocycles. The van der Waals surface area contributed by atoms with Crippen LogP contribution in [0.2, 0.25) is 0 Å². The van der Waals surface area contributed by atoms with Gasteiger partial charge in [-0.05, 0) is 36.7 Å². The van der Waals surface area contributed by atoms with Gasteiger partial charge in [0.2, 0.25) is 5.91 Å². The first-order valence-electron chi connectivity index (χ1n) is 7.56. The average molecular weight is 311 g/mol. The Morgan fingerprint density at radius 3 is 2.57 bits per heavy atom. The smallest absolute Gasteiger partial charge is 0.239 e. The van der Waals surface area contributed by atoms with Gasteiger partial charge in [0.15, 0.2) is 0 Å². The van der Waals surface area contributed by atoms with E-state index in [0.717, 1.165) is 31.5 Å². The molecule has 0 aliphatic carbocycles. The standard InChI is InChI=1S/C17H26N2O.ClH/c1-17(2)9-6-11-19(12-10-17)16(20)15(18)13-14-7-4-3-5-8-14;/h3-5,7-8,15H,6,9-13,18H2,1-2H3;1H. The van der Waals surface area contributed by atoms with Gasteiger partial charge < -0.3 is 10.6 Å². The van der Waals surface area contributed by atoms with Crippen LogP contribution < -0.4 is 5.73 Å². The average Bonchev–Trinajstić information content (AvgIpc) is 2.60. The molecule has 1 aromatic rings. The number of carbonyl (C=O) groups excluding carboxylic acids is 1. The second kappa shape index (κ2) is 7.81. The lowest BCUT2D eigenvalue weighted by Crippen LogP contribution is -2.45. The van der Waals surface area contributed by atoms with E-state index in [-0.39, 0.29) is 18.3 Å². The highest BCUT2D eigenvalue weighted by molar-refractivity contribution is 5.85. The number of carbonyl (C=O) groups is 1. The van der Waals surface area contributed by atoms with Crippen molar-refractivity contribution < 1.29 is 4.79 Å². The van der Waals surface area contributed by atoms with E-state index in [1.807, 2.05) is 35.2 Å². The van der Waals surface area contributed by atoms with Crippen molar-refractivity contribution in [1.82, 2.24) is 4.90 Å². The molecular weight excluding hydrogens is 284 g/mol. The molecule has 0 radical (unpaired) electrons. The number of amides is 1. The second-order valence-corrected chi connectivity index (χ2v) is 6.64. The number of rotatable bonds is 3. The van der Waals surface area contributed by atoms with Gasteiger partial charge in [-0.1, -0.05) is 44.2 Å². The molecule has 21 heavy (non-hydrogen) atoms. The number of nitrogens with zero attached hydrogens (tertiary/aromatic N) is 1.